The number of rotatable bonds is 2. The maximum Gasteiger partial charge on any atom is 0.126 e. The Labute approximate surface area is 77.3 Å². The summed E-state index contributed by atoms with van der Waals surface area (Å²) in [6, 6.07) is 3.10. The Morgan fingerprint density at radius 2 is 2.08 bits per heavy atom. The number of hydrogen-bond donors (Lipinski definition) is 2. The molecule has 1 aromatic rings. The Morgan fingerprint density at radius 1 is 1.46 bits per heavy atom. The standard InChI is InChI=1S/C10H13FN2/c1-6-4-10(13-3)8(7(2)12)5-9(6)11/h4-5,12-13H,1-3H3. The number of hydrogen-bond acceptors (Lipinski definition) is 2. The van der Waals surface area contributed by atoms with Crippen LogP contribution >= 0.6 is 0 Å². The SMILES string of the molecule is CNc1cc(C)c(F)cc1C(C)=N. The molecule has 0 aliphatic rings. The summed E-state index contributed by atoms with van der Waals surface area (Å²) in [7, 11) is 1.76. The highest BCUT2D eigenvalue weighted by Gasteiger charge is 2.07. The predicted octanol–water partition coefficient (Wildman–Crippen LogP) is 2.56. The topological polar surface area (TPSA) is 35.9 Å². The van der Waals surface area contributed by atoms with Crippen LogP contribution in [0.3, 0.4) is 0 Å². The van der Waals surface area contributed by atoms with Gasteiger partial charge < -0.3 is 10.7 Å². The Balaban J connectivity index is 3.33. The smallest absolute Gasteiger partial charge is 0.126 e. The minimum atomic E-state index is -0.263. The summed E-state index contributed by atoms with van der Waals surface area (Å²) in [6.07, 6.45) is 0. The molecule has 0 atom stereocenters. The Bertz CT molecular complexity index is 345. The van der Waals surface area contributed by atoms with Crippen LogP contribution < -0.4 is 5.32 Å². The third-order valence-corrected chi connectivity index (χ3v) is 1.97. The van der Waals surface area contributed by atoms with Crippen molar-refractivity contribution in [2.75, 3.05) is 12.4 Å². The number of anilines is 1. The van der Waals surface area contributed by atoms with Gasteiger partial charge in [0.15, 0.2) is 0 Å². The molecule has 13 heavy (non-hydrogen) atoms. The summed E-state index contributed by atoms with van der Waals surface area (Å²) >= 11 is 0. The van der Waals surface area contributed by atoms with Gasteiger partial charge in [-0.1, -0.05) is 0 Å². The first-order valence-corrected chi connectivity index (χ1v) is 4.09. The van der Waals surface area contributed by atoms with E-state index >= 15 is 0 Å². The third-order valence-electron chi connectivity index (χ3n) is 1.97. The van der Waals surface area contributed by atoms with Crippen molar-refractivity contribution in [1.82, 2.24) is 0 Å². The normalized spacial score (nSPS) is 9.85. The number of nitrogens with one attached hydrogen (secondary N) is 2. The van der Waals surface area contributed by atoms with E-state index in [-0.39, 0.29) is 5.82 Å². The lowest BCUT2D eigenvalue weighted by Crippen LogP contribution is -2.02. The molecule has 0 amide bonds. The van der Waals surface area contributed by atoms with Gasteiger partial charge >= 0.3 is 0 Å². The fourth-order valence-corrected chi connectivity index (χ4v) is 1.20. The van der Waals surface area contributed by atoms with Crippen LogP contribution in [-0.2, 0) is 0 Å². The molecule has 1 aromatic carbocycles. The van der Waals surface area contributed by atoms with Crippen molar-refractivity contribution in [3.8, 4) is 0 Å². The summed E-state index contributed by atoms with van der Waals surface area (Å²) in [6.45, 7) is 3.35. The highest BCUT2D eigenvalue weighted by Crippen LogP contribution is 2.20. The van der Waals surface area contributed by atoms with Gasteiger partial charge in [-0.05, 0) is 31.5 Å². The van der Waals surface area contributed by atoms with Gasteiger partial charge in [0.1, 0.15) is 5.82 Å². The molecule has 0 radical (unpaired) electrons. The molecule has 0 fully saturated rings. The van der Waals surface area contributed by atoms with Crippen molar-refractivity contribution in [3.63, 3.8) is 0 Å². The molecule has 70 valence electrons. The first kappa shape index (κ1) is 9.71. The number of aryl methyl sites for hydroxylation is 1. The lowest BCUT2D eigenvalue weighted by molar-refractivity contribution is 0.618. The molecule has 0 aromatic heterocycles. The molecule has 2 N–H and O–H groups in total. The minimum Gasteiger partial charge on any atom is -0.388 e. The number of benzene rings is 1. The highest BCUT2D eigenvalue weighted by atomic mass is 19.1. The molecule has 0 saturated heterocycles. The van der Waals surface area contributed by atoms with E-state index in [4.69, 9.17) is 5.41 Å². The summed E-state index contributed by atoms with van der Waals surface area (Å²) in [4.78, 5) is 0. The van der Waals surface area contributed by atoms with E-state index in [1.54, 1.807) is 27.0 Å². The molecule has 0 spiro atoms. The van der Waals surface area contributed by atoms with Gasteiger partial charge in [-0.15, -0.1) is 0 Å². The zero-order valence-corrected chi connectivity index (χ0v) is 8.03. The van der Waals surface area contributed by atoms with Crippen LogP contribution in [0.4, 0.5) is 10.1 Å². The van der Waals surface area contributed by atoms with E-state index in [9.17, 15) is 4.39 Å². The van der Waals surface area contributed by atoms with Gasteiger partial charge in [0, 0.05) is 24.0 Å². The molecular weight excluding hydrogens is 167 g/mol. The molecule has 0 heterocycles. The van der Waals surface area contributed by atoms with Gasteiger partial charge in [-0.2, -0.15) is 0 Å². The van der Waals surface area contributed by atoms with Crippen LogP contribution in [0.25, 0.3) is 0 Å². The Kier molecular flexibility index (Phi) is 2.66. The van der Waals surface area contributed by atoms with Crippen LogP contribution in [0.15, 0.2) is 12.1 Å². The van der Waals surface area contributed by atoms with Gasteiger partial charge in [0.25, 0.3) is 0 Å². The summed E-state index contributed by atoms with van der Waals surface area (Å²) in [5.41, 5.74) is 2.37. The average molecular weight is 180 g/mol. The van der Waals surface area contributed by atoms with E-state index in [1.807, 2.05) is 0 Å². The monoisotopic (exact) mass is 180 g/mol. The second-order valence-corrected chi connectivity index (χ2v) is 3.02. The molecule has 0 unspecified atom stereocenters. The zero-order chi connectivity index (χ0) is 10.0. The Morgan fingerprint density at radius 3 is 2.54 bits per heavy atom. The Hall–Kier alpha value is -1.38. The van der Waals surface area contributed by atoms with E-state index in [2.05, 4.69) is 5.32 Å². The van der Waals surface area contributed by atoms with Crippen molar-refractivity contribution in [2.24, 2.45) is 0 Å². The van der Waals surface area contributed by atoms with Gasteiger partial charge in [-0.25, -0.2) is 4.39 Å². The summed E-state index contributed by atoms with van der Waals surface area (Å²) in [5, 5.41) is 10.4. The van der Waals surface area contributed by atoms with E-state index in [0.717, 1.165) is 5.69 Å². The van der Waals surface area contributed by atoms with Crippen molar-refractivity contribution < 1.29 is 4.39 Å². The van der Waals surface area contributed by atoms with Crippen molar-refractivity contribution >= 4 is 11.4 Å². The van der Waals surface area contributed by atoms with E-state index in [1.165, 1.54) is 6.07 Å². The maximum atomic E-state index is 13.1. The van der Waals surface area contributed by atoms with Gasteiger partial charge in [0.2, 0.25) is 0 Å². The maximum absolute atomic E-state index is 13.1. The fraction of sp³-hybridized carbons (Fsp3) is 0.300. The lowest BCUT2D eigenvalue weighted by Gasteiger charge is -2.09. The van der Waals surface area contributed by atoms with Gasteiger partial charge in [0.05, 0.1) is 0 Å². The number of halogens is 1. The fourth-order valence-electron chi connectivity index (χ4n) is 1.20. The molecule has 0 bridgehead atoms. The molecule has 2 nitrogen and oxygen atoms in total. The molecular formula is C10H13FN2. The predicted molar refractivity (Wildman–Crippen MR) is 53.2 cm³/mol. The second kappa shape index (κ2) is 3.56. The zero-order valence-electron chi connectivity index (χ0n) is 8.03. The highest BCUT2D eigenvalue weighted by molar-refractivity contribution is 6.01. The van der Waals surface area contributed by atoms with Crippen LogP contribution in [0.5, 0.6) is 0 Å². The summed E-state index contributed by atoms with van der Waals surface area (Å²) < 4.78 is 13.1. The van der Waals surface area contributed by atoms with Crippen molar-refractivity contribution in [3.05, 3.63) is 29.1 Å². The van der Waals surface area contributed by atoms with Gasteiger partial charge in [-0.3, -0.25) is 0 Å². The quantitative estimate of drug-likeness (QED) is 0.674. The molecule has 0 aliphatic heterocycles. The van der Waals surface area contributed by atoms with Crippen LogP contribution in [0.2, 0.25) is 0 Å². The first-order valence-electron chi connectivity index (χ1n) is 4.09. The van der Waals surface area contributed by atoms with Crippen molar-refractivity contribution in [2.45, 2.75) is 13.8 Å². The average Bonchev–Trinajstić information content (AvgIpc) is 2.08. The van der Waals surface area contributed by atoms with Crippen molar-refractivity contribution in [1.29, 1.82) is 5.41 Å². The molecule has 1 rings (SSSR count). The van der Waals surface area contributed by atoms with Crippen LogP contribution in [-0.4, -0.2) is 12.8 Å². The molecule has 3 heteroatoms. The van der Waals surface area contributed by atoms with Crippen LogP contribution in [0.1, 0.15) is 18.1 Å². The molecule has 0 aliphatic carbocycles. The van der Waals surface area contributed by atoms with E-state index < -0.39 is 0 Å². The molecule has 0 saturated carbocycles. The second-order valence-electron chi connectivity index (χ2n) is 3.02. The third kappa shape index (κ3) is 1.86. The minimum absolute atomic E-state index is 0.263. The van der Waals surface area contributed by atoms with E-state index in [0.29, 0.717) is 16.8 Å². The first-order chi connectivity index (χ1) is 6.06. The summed E-state index contributed by atoms with van der Waals surface area (Å²) in [5.74, 6) is -0.263. The lowest BCUT2D eigenvalue weighted by atomic mass is 10.1. The largest absolute Gasteiger partial charge is 0.388 e. The van der Waals surface area contributed by atoms with Crippen LogP contribution in [0, 0.1) is 18.2 Å².